The summed E-state index contributed by atoms with van der Waals surface area (Å²) in [6.07, 6.45) is 16.1. The van der Waals surface area contributed by atoms with Gasteiger partial charge >= 0.3 is 0 Å². The van der Waals surface area contributed by atoms with Crippen molar-refractivity contribution < 1.29 is 13.9 Å². The number of ether oxygens (including phenoxy) is 2. The number of rotatable bonds is 16. The average molecular weight is 456 g/mol. The molecule has 0 radical (unpaired) electrons. The van der Waals surface area contributed by atoms with Gasteiger partial charge in [-0.25, -0.2) is 9.37 Å². The molecule has 1 aliphatic rings. The summed E-state index contributed by atoms with van der Waals surface area (Å²) in [5.41, 5.74) is 3.71. The van der Waals surface area contributed by atoms with E-state index >= 15 is 4.39 Å². The van der Waals surface area contributed by atoms with E-state index in [1.807, 2.05) is 18.2 Å². The zero-order valence-electron chi connectivity index (χ0n) is 20.8. The molecule has 1 aromatic carbocycles. The van der Waals surface area contributed by atoms with Gasteiger partial charge in [-0.3, -0.25) is 0 Å². The normalized spacial score (nSPS) is 12.3. The summed E-state index contributed by atoms with van der Waals surface area (Å²) < 4.78 is 26.8. The van der Waals surface area contributed by atoms with Crippen LogP contribution in [0, 0.1) is 5.82 Å². The molecule has 0 saturated heterocycles. The average Bonchev–Trinajstić information content (AvgIpc) is 2.83. The van der Waals surface area contributed by atoms with Crippen molar-refractivity contribution in [2.45, 2.75) is 104 Å². The van der Waals surface area contributed by atoms with Gasteiger partial charge in [-0.2, -0.15) is 0 Å². The van der Waals surface area contributed by atoms with Gasteiger partial charge in [-0.15, -0.1) is 0 Å². The highest BCUT2D eigenvalue weighted by Gasteiger charge is 2.23. The van der Waals surface area contributed by atoms with Crippen LogP contribution in [-0.4, -0.2) is 18.2 Å². The van der Waals surface area contributed by atoms with Crippen LogP contribution in [0.1, 0.15) is 102 Å². The van der Waals surface area contributed by atoms with E-state index in [-0.39, 0.29) is 5.82 Å². The molecule has 0 aliphatic heterocycles. The third-order valence-corrected chi connectivity index (χ3v) is 6.56. The van der Waals surface area contributed by atoms with Crippen LogP contribution < -0.4 is 9.47 Å². The molecule has 2 aromatic rings. The predicted octanol–water partition coefficient (Wildman–Crippen LogP) is 8.46. The first-order chi connectivity index (χ1) is 16.2. The van der Waals surface area contributed by atoms with Crippen LogP contribution in [0.25, 0.3) is 11.1 Å². The summed E-state index contributed by atoms with van der Waals surface area (Å²) in [6.45, 7) is 5.74. The maximum atomic E-state index is 15.2. The maximum Gasteiger partial charge on any atom is 0.213 e. The van der Waals surface area contributed by atoms with Gasteiger partial charge in [0.2, 0.25) is 5.88 Å². The summed E-state index contributed by atoms with van der Waals surface area (Å²) in [5, 5.41) is 0. The van der Waals surface area contributed by atoms with Gasteiger partial charge in [-0.05, 0) is 48.9 Å². The lowest BCUT2D eigenvalue weighted by Gasteiger charge is -2.21. The fourth-order valence-corrected chi connectivity index (χ4v) is 4.57. The molecule has 0 N–H and O–H groups in total. The lowest BCUT2D eigenvalue weighted by Crippen LogP contribution is -2.11. The molecule has 182 valence electrons. The van der Waals surface area contributed by atoms with Crippen LogP contribution in [0.15, 0.2) is 24.3 Å². The first-order valence-corrected chi connectivity index (χ1v) is 13.3. The molecule has 0 unspecified atom stereocenters. The van der Waals surface area contributed by atoms with Crippen molar-refractivity contribution in [2.75, 3.05) is 13.2 Å². The van der Waals surface area contributed by atoms with Crippen molar-refractivity contribution >= 4 is 0 Å². The summed E-state index contributed by atoms with van der Waals surface area (Å²) >= 11 is 0. The van der Waals surface area contributed by atoms with Crippen molar-refractivity contribution in [3.8, 4) is 22.8 Å². The lowest BCUT2D eigenvalue weighted by atomic mass is 9.88. The van der Waals surface area contributed by atoms with Crippen LogP contribution in [0.3, 0.4) is 0 Å². The first kappa shape index (κ1) is 25.5. The SMILES string of the molecule is CCCCCCCCCCOc1ccc2c(c1F)CCc1nc(OCCCCCC)ccc1-2. The highest BCUT2D eigenvalue weighted by atomic mass is 19.1. The summed E-state index contributed by atoms with van der Waals surface area (Å²) in [6, 6.07) is 7.72. The second-order valence-electron chi connectivity index (χ2n) is 9.28. The number of nitrogens with zero attached hydrogens (tertiary/aromatic N) is 1. The zero-order valence-corrected chi connectivity index (χ0v) is 20.8. The second-order valence-corrected chi connectivity index (χ2v) is 9.28. The Morgan fingerprint density at radius 3 is 2.03 bits per heavy atom. The number of aryl methyl sites for hydroxylation is 1. The number of pyridine rings is 1. The monoisotopic (exact) mass is 455 g/mol. The van der Waals surface area contributed by atoms with E-state index in [1.165, 1.54) is 57.8 Å². The predicted molar refractivity (Wildman–Crippen MR) is 135 cm³/mol. The van der Waals surface area contributed by atoms with Gasteiger partial charge in [-0.1, -0.05) is 84.1 Å². The Hall–Kier alpha value is -2.10. The third kappa shape index (κ3) is 7.72. The van der Waals surface area contributed by atoms with E-state index in [0.29, 0.717) is 31.3 Å². The molecule has 0 fully saturated rings. The largest absolute Gasteiger partial charge is 0.491 e. The summed E-state index contributed by atoms with van der Waals surface area (Å²) in [7, 11) is 0. The molecule has 0 bridgehead atoms. The number of benzene rings is 1. The van der Waals surface area contributed by atoms with Crippen molar-refractivity contribution in [3.05, 3.63) is 41.3 Å². The molecule has 3 rings (SSSR count). The molecule has 0 amide bonds. The minimum absolute atomic E-state index is 0.200. The molecule has 1 aliphatic carbocycles. The Balaban J connectivity index is 1.50. The van der Waals surface area contributed by atoms with Crippen molar-refractivity contribution in [1.82, 2.24) is 4.98 Å². The van der Waals surface area contributed by atoms with E-state index in [4.69, 9.17) is 14.5 Å². The van der Waals surface area contributed by atoms with Gasteiger partial charge < -0.3 is 9.47 Å². The number of fused-ring (bicyclic) bond motifs is 3. The molecule has 0 atom stereocenters. The van der Waals surface area contributed by atoms with Gasteiger partial charge in [0.15, 0.2) is 11.6 Å². The highest BCUT2D eigenvalue weighted by Crippen LogP contribution is 2.38. The van der Waals surface area contributed by atoms with Crippen molar-refractivity contribution in [3.63, 3.8) is 0 Å². The molecule has 0 saturated carbocycles. The van der Waals surface area contributed by atoms with Crippen LogP contribution in [0.2, 0.25) is 0 Å². The number of hydrogen-bond acceptors (Lipinski definition) is 3. The Morgan fingerprint density at radius 2 is 1.30 bits per heavy atom. The standard InChI is InChI=1S/C29H42FNO2/c1-3-5-7-9-10-11-12-14-21-32-27-19-16-23-24-17-20-28(33-22-13-8-6-4-2)31-26(24)18-15-25(23)29(27)30/h16-17,19-20H,3-15,18,21-22H2,1-2H3. The highest BCUT2D eigenvalue weighted by molar-refractivity contribution is 5.73. The van der Waals surface area contributed by atoms with E-state index in [0.717, 1.165) is 48.1 Å². The maximum absolute atomic E-state index is 15.2. The zero-order chi connectivity index (χ0) is 23.3. The van der Waals surface area contributed by atoms with Gasteiger partial charge in [0.1, 0.15) is 0 Å². The Bertz CT molecular complexity index is 852. The van der Waals surface area contributed by atoms with Crippen LogP contribution in [0.4, 0.5) is 4.39 Å². The number of hydrogen-bond donors (Lipinski definition) is 0. The fraction of sp³-hybridized carbons (Fsp3) is 0.621. The van der Waals surface area contributed by atoms with Crippen LogP contribution in [-0.2, 0) is 12.8 Å². The Morgan fingerprint density at radius 1 is 0.697 bits per heavy atom. The van der Waals surface area contributed by atoms with Crippen molar-refractivity contribution in [1.29, 1.82) is 0 Å². The minimum atomic E-state index is -0.200. The number of halogens is 1. The molecular formula is C29H42FNO2. The van der Waals surface area contributed by atoms with E-state index in [9.17, 15) is 0 Å². The first-order valence-electron chi connectivity index (χ1n) is 13.3. The third-order valence-electron chi connectivity index (χ3n) is 6.56. The quantitative estimate of drug-likeness (QED) is 0.238. The van der Waals surface area contributed by atoms with E-state index in [1.54, 1.807) is 6.07 Å². The van der Waals surface area contributed by atoms with Crippen LogP contribution in [0.5, 0.6) is 11.6 Å². The van der Waals surface area contributed by atoms with E-state index < -0.39 is 0 Å². The van der Waals surface area contributed by atoms with Gasteiger partial charge in [0.05, 0.1) is 18.9 Å². The summed E-state index contributed by atoms with van der Waals surface area (Å²) in [5.74, 6) is 0.869. The number of aromatic nitrogens is 1. The molecule has 3 nitrogen and oxygen atoms in total. The molecular weight excluding hydrogens is 413 g/mol. The minimum Gasteiger partial charge on any atom is -0.491 e. The number of unbranched alkanes of at least 4 members (excludes halogenated alkanes) is 10. The van der Waals surface area contributed by atoms with Crippen molar-refractivity contribution in [2.24, 2.45) is 0 Å². The molecule has 4 heteroatoms. The van der Waals surface area contributed by atoms with E-state index in [2.05, 4.69) is 13.8 Å². The second kappa shape index (κ2) is 14.2. The van der Waals surface area contributed by atoms with Crippen LogP contribution >= 0.6 is 0 Å². The summed E-state index contributed by atoms with van der Waals surface area (Å²) in [4.78, 5) is 4.71. The Labute approximate surface area is 200 Å². The van der Waals surface area contributed by atoms with Gasteiger partial charge in [0, 0.05) is 11.6 Å². The topological polar surface area (TPSA) is 31.4 Å². The molecule has 1 heterocycles. The molecule has 0 spiro atoms. The Kier molecular flexibility index (Phi) is 11.0. The molecule has 33 heavy (non-hydrogen) atoms. The smallest absolute Gasteiger partial charge is 0.213 e. The molecule has 1 aromatic heterocycles. The lowest BCUT2D eigenvalue weighted by molar-refractivity contribution is 0.288. The fourth-order valence-electron chi connectivity index (χ4n) is 4.57. The van der Waals surface area contributed by atoms with Gasteiger partial charge in [0.25, 0.3) is 0 Å².